The van der Waals surface area contributed by atoms with Crippen LogP contribution in [0.2, 0.25) is 0 Å². The highest BCUT2D eigenvalue weighted by Crippen LogP contribution is 2.23. The minimum Gasteiger partial charge on any atom is -0.468 e. The highest BCUT2D eigenvalue weighted by atomic mass is 32.1. The molecule has 1 aliphatic rings. The van der Waals surface area contributed by atoms with Gasteiger partial charge in [0.1, 0.15) is 5.76 Å². The summed E-state index contributed by atoms with van der Waals surface area (Å²) in [7, 11) is 0. The van der Waals surface area contributed by atoms with Crippen LogP contribution in [0.1, 0.15) is 17.1 Å². The molecule has 29 heavy (non-hydrogen) atoms. The first-order chi connectivity index (χ1) is 14.3. The molecule has 1 saturated heterocycles. The van der Waals surface area contributed by atoms with Crippen molar-refractivity contribution in [3.63, 3.8) is 0 Å². The number of hydrogen-bond acceptors (Lipinski definition) is 5. The Morgan fingerprint density at radius 1 is 1.14 bits per heavy atom. The fourth-order valence-corrected chi connectivity index (χ4v) is 4.55. The Morgan fingerprint density at radius 2 is 2.03 bits per heavy atom. The topological polar surface area (TPSA) is 48.7 Å². The molecule has 3 aromatic rings. The quantitative estimate of drug-likeness (QED) is 0.581. The van der Waals surface area contributed by atoms with Crippen LogP contribution in [0.25, 0.3) is 0 Å². The number of nitrogens with one attached hydrogen (secondary N) is 1. The van der Waals surface area contributed by atoms with E-state index in [1.54, 1.807) is 17.6 Å². The number of rotatable bonds is 9. The van der Waals surface area contributed by atoms with Crippen LogP contribution in [-0.2, 0) is 17.9 Å². The van der Waals surface area contributed by atoms with Gasteiger partial charge in [0.05, 0.1) is 19.4 Å². The lowest BCUT2D eigenvalue weighted by Crippen LogP contribution is -2.39. The van der Waals surface area contributed by atoms with E-state index in [0.29, 0.717) is 19.0 Å². The van der Waals surface area contributed by atoms with E-state index >= 15 is 0 Å². The zero-order valence-corrected chi connectivity index (χ0v) is 17.3. The number of anilines is 1. The zero-order chi connectivity index (χ0) is 19.9. The number of para-hydroxylation sites is 1. The molecule has 1 N–H and O–H groups in total. The molecule has 0 aliphatic carbocycles. The molecule has 1 aromatic carbocycles. The van der Waals surface area contributed by atoms with Crippen molar-refractivity contribution >= 4 is 22.9 Å². The van der Waals surface area contributed by atoms with Gasteiger partial charge in [0.25, 0.3) is 0 Å². The van der Waals surface area contributed by atoms with Crippen molar-refractivity contribution in [3.05, 3.63) is 76.9 Å². The maximum atomic E-state index is 12.6. The van der Waals surface area contributed by atoms with E-state index in [1.807, 2.05) is 24.3 Å². The van der Waals surface area contributed by atoms with Crippen LogP contribution in [0, 0.1) is 5.92 Å². The van der Waals surface area contributed by atoms with Crippen molar-refractivity contribution in [1.82, 2.24) is 10.2 Å². The summed E-state index contributed by atoms with van der Waals surface area (Å²) < 4.78 is 5.48. The van der Waals surface area contributed by atoms with Crippen LogP contribution in [0.5, 0.6) is 0 Å². The fourth-order valence-electron chi connectivity index (χ4n) is 3.80. The second-order valence-corrected chi connectivity index (χ2v) is 8.58. The molecule has 0 bridgehead atoms. The molecule has 4 rings (SSSR count). The molecular weight excluding hydrogens is 382 g/mol. The van der Waals surface area contributed by atoms with Gasteiger partial charge in [0, 0.05) is 36.7 Å². The lowest BCUT2D eigenvalue weighted by molar-refractivity contribution is -0.122. The summed E-state index contributed by atoms with van der Waals surface area (Å²) in [6.07, 6.45) is 2.79. The smallest absolute Gasteiger partial charge is 0.234 e. The fraction of sp³-hybridized carbons (Fsp3) is 0.348. The Hall–Kier alpha value is -2.57. The monoisotopic (exact) mass is 409 g/mol. The normalized spacial score (nSPS) is 16.4. The van der Waals surface area contributed by atoms with Crippen molar-refractivity contribution in [1.29, 1.82) is 0 Å². The standard InChI is InChI=1S/C23H27N3O2S/c27-23(24-14-19-10-11-26(15-19)20-6-2-1-3-7-20)18-25(16-21-8-4-12-28-21)17-22-9-5-13-29-22/h1-9,12-13,19H,10-11,14-18H2,(H,24,27). The maximum Gasteiger partial charge on any atom is 0.234 e. The van der Waals surface area contributed by atoms with Crippen LogP contribution in [0.15, 0.2) is 70.7 Å². The molecule has 1 atom stereocenters. The average Bonchev–Trinajstić information content (AvgIpc) is 3.50. The maximum absolute atomic E-state index is 12.6. The molecule has 5 nitrogen and oxygen atoms in total. The number of carbonyl (C=O) groups excluding carboxylic acids is 1. The zero-order valence-electron chi connectivity index (χ0n) is 16.5. The highest BCUT2D eigenvalue weighted by molar-refractivity contribution is 7.09. The third-order valence-electron chi connectivity index (χ3n) is 5.28. The SMILES string of the molecule is O=C(CN(Cc1ccco1)Cc1cccs1)NCC1CCN(c2ccccc2)C1. The largest absolute Gasteiger partial charge is 0.468 e. The van der Waals surface area contributed by atoms with Crippen LogP contribution in [0.3, 0.4) is 0 Å². The Morgan fingerprint density at radius 3 is 2.79 bits per heavy atom. The van der Waals surface area contributed by atoms with E-state index in [2.05, 4.69) is 50.8 Å². The van der Waals surface area contributed by atoms with Crippen LogP contribution in [-0.4, -0.2) is 37.0 Å². The van der Waals surface area contributed by atoms with E-state index in [4.69, 9.17) is 4.42 Å². The van der Waals surface area contributed by atoms with E-state index in [9.17, 15) is 4.79 Å². The first-order valence-electron chi connectivity index (χ1n) is 10.1. The molecule has 1 amide bonds. The van der Waals surface area contributed by atoms with Gasteiger partial charge in [0.2, 0.25) is 5.91 Å². The van der Waals surface area contributed by atoms with Crippen LogP contribution >= 0.6 is 11.3 Å². The molecule has 1 aliphatic heterocycles. The molecule has 0 saturated carbocycles. The summed E-state index contributed by atoms with van der Waals surface area (Å²) in [6, 6.07) is 18.5. The van der Waals surface area contributed by atoms with E-state index in [1.165, 1.54) is 10.6 Å². The second-order valence-electron chi connectivity index (χ2n) is 7.54. The van der Waals surface area contributed by atoms with Gasteiger partial charge < -0.3 is 14.6 Å². The van der Waals surface area contributed by atoms with Gasteiger partial charge >= 0.3 is 0 Å². The number of thiophene rings is 1. The number of amides is 1. The number of nitrogens with zero attached hydrogens (tertiary/aromatic N) is 2. The van der Waals surface area contributed by atoms with Gasteiger partial charge in [-0.2, -0.15) is 0 Å². The first-order valence-corrected chi connectivity index (χ1v) is 11.0. The average molecular weight is 410 g/mol. The number of benzene rings is 1. The minimum absolute atomic E-state index is 0.0753. The van der Waals surface area contributed by atoms with Gasteiger partial charge in [-0.05, 0) is 48.1 Å². The molecule has 6 heteroatoms. The summed E-state index contributed by atoms with van der Waals surface area (Å²) in [4.78, 5) is 18.4. The number of furan rings is 1. The molecule has 0 radical (unpaired) electrons. The van der Waals surface area contributed by atoms with Gasteiger partial charge in [-0.1, -0.05) is 24.3 Å². The predicted octanol–water partition coefficient (Wildman–Crippen LogP) is 3.99. The third-order valence-corrected chi connectivity index (χ3v) is 6.14. The Balaban J connectivity index is 1.26. The van der Waals surface area contributed by atoms with Crippen molar-refractivity contribution in [2.24, 2.45) is 5.92 Å². The van der Waals surface area contributed by atoms with Gasteiger partial charge in [-0.3, -0.25) is 9.69 Å². The van der Waals surface area contributed by atoms with Crippen LogP contribution in [0.4, 0.5) is 5.69 Å². The molecule has 1 unspecified atom stereocenters. The summed E-state index contributed by atoms with van der Waals surface area (Å²) in [6.45, 7) is 4.52. The van der Waals surface area contributed by atoms with Gasteiger partial charge in [0.15, 0.2) is 0 Å². The predicted molar refractivity (Wildman–Crippen MR) is 117 cm³/mol. The molecule has 152 valence electrons. The van der Waals surface area contributed by atoms with Crippen molar-refractivity contribution in [3.8, 4) is 0 Å². The van der Waals surface area contributed by atoms with Gasteiger partial charge in [-0.25, -0.2) is 0 Å². The Kier molecular flexibility index (Phi) is 6.64. The first kappa shape index (κ1) is 19.7. The molecule has 0 spiro atoms. The molecule has 2 aromatic heterocycles. The minimum atomic E-state index is 0.0753. The highest BCUT2D eigenvalue weighted by Gasteiger charge is 2.23. The van der Waals surface area contributed by atoms with Crippen molar-refractivity contribution in [2.45, 2.75) is 19.5 Å². The van der Waals surface area contributed by atoms with E-state index in [-0.39, 0.29) is 5.91 Å². The Bertz CT molecular complexity index is 829. The van der Waals surface area contributed by atoms with Crippen LogP contribution < -0.4 is 10.2 Å². The third kappa shape index (κ3) is 5.71. The molecular formula is C23H27N3O2S. The summed E-state index contributed by atoms with van der Waals surface area (Å²) in [5, 5.41) is 5.22. The Labute approximate surface area is 175 Å². The summed E-state index contributed by atoms with van der Waals surface area (Å²) in [5.41, 5.74) is 1.27. The summed E-state index contributed by atoms with van der Waals surface area (Å²) >= 11 is 1.71. The second kappa shape index (κ2) is 9.76. The lowest BCUT2D eigenvalue weighted by atomic mass is 10.1. The molecule has 1 fully saturated rings. The summed E-state index contributed by atoms with van der Waals surface area (Å²) in [5.74, 6) is 1.45. The number of carbonyl (C=O) groups is 1. The molecule has 3 heterocycles. The van der Waals surface area contributed by atoms with Gasteiger partial charge in [-0.15, -0.1) is 11.3 Å². The lowest BCUT2D eigenvalue weighted by Gasteiger charge is -2.21. The number of hydrogen-bond donors (Lipinski definition) is 1. The van der Waals surface area contributed by atoms with Crippen molar-refractivity contribution < 1.29 is 9.21 Å². The van der Waals surface area contributed by atoms with E-state index in [0.717, 1.165) is 38.4 Å². The van der Waals surface area contributed by atoms with E-state index < -0.39 is 0 Å². The van der Waals surface area contributed by atoms with Crippen molar-refractivity contribution in [2.75, 3.05) is 31.1 Å².